The molecule has 2 N–H and O–H groups in total. The quantitative estimate of drug-likeness (QED) is 0.631. The van der Waals surface area contributed by atoms with Gasteiger partial charge >= 0.3 is 0 Å². The van der Waals surface area contributed by atoms with Crippen LogP contribution in [-0.2, 0) is 6.42 Å². The zero-order valence-electron chi connectivity index (χ0n) is 11.4. The molecule has 0 aliphatic heterocycles. The van der Waals surface area contributed by atoms with Crippen molar-refractivity contribution in [2.75, 3.05) is 6.61 Å². The fourth-order valence-corrected chi connectivity index (χ4v) is 2.24. The Morgan fingerprint density at radius 2 is 2.05 bits per heavy atom. The molecule has 0 radical (unpaired) electrons. The van der Waals surface area contributed by atoms with E-state index in [9.17, 15) is 0 Å². The van der Waals surface area contributed by atoms with E-state index in [1.54, 1.807) is 0 Å². The number of nitrogens with two attached hydrogens (primary N) is 1. The van der Waals surface area contributed by atoms with Crippen LogP contribution in [0.2, 0.25) is 0 Å². The average molecular weight is 255 g/mol. The molecule has 0 fully saturated rings. The second-order valence-corrected chi connectivity index (χ2v) is 4.87. The van der Waals surface area contributed by atoms with E-state index in [1.165, 1.54) is 16.3 Å². The maximum absolute atomic E-state index is 5.97. The Labute approximate surface area is 114 Å². The second-order valence-electron chi connectivity index (χ2n) is 4.87. The van der Waals surface area contributed by atoms with Gasteiger partial charge in [-0.1, -0.05) is 36.4 Å². The molecule has 2 heteroatoms. The van der Waals surface area contributed by atoms with Crippen LogP contribution in [0.25, 0.3) is 10.8 Å². The number of fused-ring (bicyclic) bond motifs is 1. The van der Waals surface area contributed by atoms with Crippen molar-refractivity contribution >= 4 is 10.8 Å². The Morgan fingerprint density at radius 3 is 2.79 bits per heavy atom. The van der Waals surface area contributed by atoms with Gasteiger partial charge in [-0.2, -0.15) is 0 Å². The topological polar surface area (TPSA) is 35.2 Å². The molecule has 1 unspecified atom stereocenters. The Morgan fingerprint density at radius 1 is 1.26 bits per heavy atom. The Bertz CT molecular complexity index is 560. The monoisotopic (exact) mass is 255 g/mol. The molecule has 0 saturated carbocycles. The minimum Gasteiger partial charge on any atom is -0.493 e. The van der Waals surface area contributed by atoms with Crippen LogP contribution in [0.4, 0.5) is 0 Å². The standard InChI is InChI=1S/C17H21NO/c1-3-4-11-19-17-10-9-14-7-5-6-8-15(14)16(17)12-13(2)18/h3,5-10,13H,1,4,11-12,18H2,2H3. The van der Waals surface area contributed by atoms with Gasteiger partial charge < -0.3 is 10.5 Å². The maximum atomic E-state index is 5.97. The van der Waals surface area contributed by atoms with Gasteiger partial charge in [-0.25, -0.2) is 0 Å². The summed E-state index contributed by atoms with van der Waals surface area (Å²) in [5.41, 5.74) is 7.17. The van der Waals surface area contributed by atoms with Crippen molar-refractivity contribution in [2.24, 2.45) is 5.73 Å². The van der Waals surface area contributed by atoms with E-state index in [1.807, 2.05) is 19.1 Å². The average Bonchev–Trinajstić information content (AvgIpc) is 2.41. The van der Waals surface area contributed by atoms with E-state index in [2.05, 4.69) is 36.9 Å². The molecule has 0 amide bonds. The summed E-state index contributed by atoms with van der Waals surface area (Å²) in [6.07, 6.45) is 3.54. The van der Waals surface area contributed by atoms with Crippen molar-refractivity contribution in [3.63, 3.8) is 0 Å². The normalized spacial score (nSPS) is 12.3. The first-order valence-corrected chi connectivity index (χ1v) is 6.72. The lowest BCUT2D eigenvalue weighted by Gasteiger charge is -2.15. The van der Waals surface area contributed by atoms with Gasteiger partial charge in [0.15, 0.2) is 0 Å². The van der Waals surface area contributed by atoms with E-state index in [0.29, 0.717) is 6.61 Å². The first-order valence-electron chi connectivity index (χ1n) is 6.72. The molecule has 100 valence electrons. The van der Waals surface area contributed by atoms with Crippen LogP contribution >= 0.6 is 0 Å². The van der Waals surface area contributed by atoms with Crippen LogP contribution in [0.1, 0.15) is 18.9 Å². The minimum absolute atomic E-state index is 0.118. The molecule has 2 rings (SSSR count). The summed E-state index contributed by atoms with van der Waals surface area (Å²) in [5.74, 6) is 0.942. The van der Waals surface area contributed by atoms with Gasteiger partial charge in [0.05, 0.1) is 6.61 Å². The highest BCUT2D eigenvalue weighted by atomic mass is 16.5. The summed E-state index contributed by atoms with van der Waals surface area (Å²) in [7, 11) is 0. The van der Waals surface area contributed by atoms with Gasteiger partial charge in [0.2, 0.25) is 0 Å². The number of ether oxygens (including phenoxy) is 1. The molecule has 2 aromatic rings. The van der Waals surface area contributed by atoms with Crippen molar-refractivity contribution in [1.82, 2.24) is 0 Å². The van der Waals surface area contributed by atoms with Crippen molar-refractivity contribution in [3.05, 3.63) is 54.6 Å². The van der Waals surface area contributed by atoms with Crippen LogP contribution in [-0.4, -0.2) is 12.6 Å². The van der Waals surface area contributed by atoms with Gasteiger partial charge in [-0.15, -0.1) is 6.58 Å². The first-order chi connectivity index (χ1) is 9.22. The van der Waals surface area contributed by atoms with Crippen LogP contribution in [0.3, 0.4) is 0 Å². The van der Waals surface area contributed by atoms with Crippen molar-refractivity contribution in [3.8, 4) is 5.75 Å². The molecule has 0 saturated heterocycles. The molecular formula is C17H21NO. The third-order valence-corrected chi connectivity index (χ3v) is 3.10. The van der Waals surface area contributed by atoms with E-state index in [4.69, 9.17) is 10.5 Å². The van der Waals surface area contributed by atoms with E-state index < -0.39 is 0 Å². The lowest BCUT2D eigenvalue weighted by atomic mass is 9.98. The van der Waals surface area contributed by atoms with Crippen molar-refractivity contribution in [1.29, 1.82) is 0 Å². The summed E-state index contributed by atoms with van der Waals surface area (Å²) in [6, 6.07) is 12.6. The number of hydrogen-bond donors (Lipinski definition) is 1. The fraction of sp³-hybridized carbons (Fsp3) is 0.294. The molecular weight excluding hydrogens is 234 g/mol. The summed E-state index contributed by atoms with van der Waals surface area (Å²) in [4.78, 5) is 0. The predicted octanol–water partition coefficient (Wildman–Crippen LogP) is 3.68. The third-order valence-electron chi connectivity index (χ3n) is 3.10. The molecule has 2 nitrogen and oxygen atoms in total. The predicted molar refractivity (Wildman–Crippen MR) is 81.6 cm³/mol. The molecule has 0 aliphatic rings. The maximum Gasteiger partial charge on any atom is 0.123 e. The number of benzene rings is 2. The highest BCUT2D eigenvalue weighted by molar-refractivity contribution is 5.87. The molecule has 0 aliphatic carbocycles. The van der Waals surface area contributed by atoms with Crippen LogP contribution in [0.15, 0.2) is 49.1 Å². The van der Waals surface area contributed by atoms with Crippen LogP contribution in [0, 0.1) is 0 Å². The van der Waals surface area contributed by atoms with Gasteiger partial charge in [-0.3, -0.25) is 0 Å². The molecule has 0 spiro atoms. The summed E-state index contributed by atoms with van der Waals surface area (Å²) in [6.45, 7) is 6.40. The van der Waals surface area contributed by atoms with Gasteiger partial charge in [0, 0.05) is 11.6 Å². The fourth-order valence-electron chi connectivity index (χ4n) is 2.24. The van der Waals surface area contributed by atoms with Crippen LogP contribution < -0.4 is 10.5 Å². The summed E-state index contributed by atoms with van der Waals surface area (Å²) < 4.78 is 5.86. The largest absolute Gasteiger partial charge is 0.493 e. The zero-order valence-corrected chi connectivity index (χ0v) is 11.4. The smallest absolute Gasteiger partial charge is 0.123 e. The molecule has 0 heterocycles. The summed E-state index contributed by atoms with van der Waals surface area (Å²) in [5, 5.41) is 2.46. The highest BCUT2D eigenvalue weighted by Gasteiger charge is 2.10. The third kappa shape index (κ3) is 3.36. The Balaban J connectivity index is 2.40. The lowest BCUT2D eigenvalue weighted by Crippen LogP contribution is -2.18. The van der Waals surface area contributed by atoms with E-state index >= 15 is 0 Å². The zero-order chi connectivity index (χ0) is 13.7. The highest BCUT2D eigenvalue weighted by Crippen LogP contribution is 2.29. The molecule has 1 atom stereocenters. The molecule has 2 aromatic carbocycles. The minimum atomic E-state index is 0.118. The van der Waals surface area contributed by atoms with E-state index in [0.717, 1.165) is 18.6 Å². The van der Waals surface area contributed by atoms with Gasteiger partial charge in [-0.05, 0) is 36.6 Å². The Kier molecular flexibility index (Phi) is 4.58. The SMILES string of the molecule is C=CCCOc1ccc2ccccc2c1CC(C)N. The molecule has 0 bridgehead atoms. The van der Waals surface area contributed by atoms with E-state index in [-0.39, 0.29) is 6.04 Å². The van der Waals surface area contributed by atoms with Crippen LogP contribution in [0.5, 0.6) is 5.75 Å². The Hall–Kier alpha value is -1.80. The molecule has 19 heavy (non-hydrogen) atoms. The van der Waals surface area contributed by atoms with Crippen molar-refractivity contribution < 1.29 is 4.74 Å². The van der Waals surface area contributed by atoms with Gasteiger partial charge in [0.1, 0.15) is 5.75 Å². The lowest BCUT2D eigenvalue weighted by molar-refractivity contribution is 0.321. The summed E-state index contributed by atoms with van der Waals surface area (Å²) >= 11 is 0. The number of rotatable bonds is 6. The molecule has 0 aromatic heterocycles. The van der Waals surface area contributed by atoms with Crippen molar-refractivity contribution in [2.45, 2.75) is 25.8 Å². The second kappa shape index (κ2) is 6.39. The van der Waals surface area contributed by atoms with Gasteiger partial charge in [0.25, 0.3) is 0 Å². The first kappa shape index (κ1) is 13.6. The number of hydrogen-bond acceptors (Lipinski definition) is 2.